The van der Waals surface area contributed by atoms with E-state index in [9.17, 15) is 9.59 Å². The van der Waals surface area contributed by atoms with Crippen molar-refractivity contribution in [1.82, 2.24) is 10.3 Å². The number of aryl methyl sites for hydroxylation is 1. The zero-order chi connectivity index (χ0) is 17.1. The van der Waals surface area contributed by atoms with Gasteiger partial charge in [0.15, 0.2) is 0 Å². The number of hydrogen-bond acceptors (Lipinski definition) is 3. The smallest absolute Gasteiger partial charge is 0.267 e. The normalized spacial score (nSPS) is 14.6. The number of carbonyl (C=O) groups excluding carboxylic acids is 2. The first kappa shape index (κ1) is 16.0. The van der Waals surface area contributed by atoms with Gasteiger partial charge in [-0.05, 0) is 30.7 Å². The van der Waals surface area contributed by atoms with Crippen molar-refractivity contribution in [2.24, 2.45) is 0 Å². The monoisotopic (exact) mass is 325 g/mol. The predicted octanol–water partition coefficient (Wildman–Crippen LogP) is 2.19. The number of amides is 2. The van der Waals surface area contributed by atoms with Crippen molar-refractivity contribution in [3.63, 3.8) is 0 Å². The first-order valence-corrected chi connectivity index (χ1v) is 7.69. The number of rotatable bonds is 5. The summed E-state index contributed by atoms with van der Waals surface area (Å²) in [5.41, 5.74) is 4.35. The Morgan fingerprint density at radius 2 is 2.12 bits per heavy atom. The molecule has 0 saturated carbocycles. The molecule has 3 N–H and O–H groups in total. The quantitative estimate of drug-likeness (QED) is 0.582. The van der Waals surface area contributed by atoms with Gasteiger partial charge in [-0.1, -0.05) is 18.2 Å². The highest BCUT2D eigenvalue weighted by atomic mass is 16.5. The van der Waals surface area contributed by atoms with Gasteiger partial charge >= 0.3 is 0 Å². The predicted molar refractivity (Wildman–Crippen MR) is 92.7 cm³/mol. The number of hydrogen-bond donors (Lipinski definition) is 3. The number of benzene rings is 1. The van der Waals surface area contributed by atoms with Gasteiger partial charge in [0.1, 0.15) is 5.69 Å². The molecule has 1 aromatic heterocycles. The van der Waals surface area contributed by atoms with Crippen LogP contribution in [0.1, 0.15) is 27.3 Å². The first-order chi connectivity index (χ1) is 11.6. The maximum atomic E-state index is 12.2. The average molecular weight is 325 g/mol. The first-order valence-electron chi connectivity index (χ1n) is 7.69. The lowest BCUT2D eigenvalue weighted by Crippen LogP contribution is -2.27. The maximum absolute atomic E-state index is 12.2. The summed E-state index contributed by atoms with van der Waals surface area (Å²) >= 11 is 0. The molecule has 3 rings (SSSR count). The van der Waals surface area contributed by atoms with Crippen molar-refractivity contribution < 1.29 is 14.3 Å². The minimum atomic E-state index is -0.198. The molecular formula is C18H19N3O3. The Morgan fingerprint density at radius 3 is 2.92 bits per heavy atom. The van der Waals surface area contributed by atoms with Crippen LogP contribution in [-0.2, 0) is 9.53 Å². The number of para-hydroxylation sites is 1. The van der Waals surface area contributed by atoms with E-state index in [4.69, 9.17) is 4.74 Å². The minimum absolute atomic E-state index is 0.142. The summed E-state index contributed by atoms with van der Waals surface area (Å²) in [6.07, 6.45) is 1.78. The standard InChI is InChI=1S/C18H19N3O3/c1-11-9-16(18(23)19-7-8-24-2)20-15(11)10-13-12-5-3-4-6-14(12)21-17(13)22/h3-6,9-10,20H,7-8H2,1-2H3,(H,19,23)(H,21,22). The molecule has 0 radical (unpaired) electrons. The van der Waals surface area contributed by atoms with Crippen LogP contribution in [-0.4, -0.2) is 37.1 Å². The van der Waals surface area contributed by atoms with Gasteiger partial charge in [-0.15, -0.1) is 0 Å². The largest absolute Gasteiger partial charge is 0.383 e. The van der Waals surface area contributed by atoms with Gasteiger partial charge in [-0.3, -0.25) is 9.59 Å². The Kier molecular flexibility index (Phi) is 4.48. The Labute approximate surface area is 139 Å². The molecule has 2 amide bonds. The van der Waals surface area contributed by atoms with Crippen molar-refractivity contribution in [1.29, 1.82) is 0 Å². The fraction of sp³-hybridized carbons (Fsp3) is 0.222. The second-order valence-electron chi connectivity index (χ2n) is 5.59. The van der Waals surface area contributed by atoms with E-state index in [0.717, 1.165) is 22.5 Å². The Bertz CT molecular complexity index is 821. The van der Waals surface area contributed by atoms with Gasteiger partial charge < -0.3 is 20.4 Å². The van der Waals surface area contributed by atoms with E-state index in [1.807, 2.05) is 31.2 Å². The molecule has 1 aliphatic heterocycles. The summed E-state index contributed by atoms with van der Waals surface area (Å²) in [6, 6.07) is 9.31. The highest BCUT2D eigenvalue weighted by Gasteiger charge is 2.24. The molecule has 1 aliphatic rings. The number of anilines is 1. The molecule has 2 aromatic rings. The van der Waals surface area contributed by atoms with Gasteiger partial charge in [-0.25, -0.2) is 0 Å². The summed E-state index contributed by atoms with van der Waals surface area (Å²) in [6.45, 7) is 2.80. The lowest BCUT2D eigenvalue weighted by molar-refractivity contribution is -0.110. The molecule has 0 bridgehead atoms. The van der Waals surface area contributed by atoms with Crippen LogP contribution < -0.4 is 10.6 Å². The van der Waals surface area contributed by atoms with Crippen molar-refractivity contribution in [2.45, 2.75) is 6.92 Å². The van der Waals surface area contributed by atoms with E-state index >= 15 is 0 Å². The SMILES string of the molecule is COCCNC(=O)c1cc(C)c(C=C2C(=O)Nc3ccccc32)[nH]1. The molecule has 24 heavy (non-hydrogen) atoms. The average Bonchev–Trinajstić information content (AvgIpc) is 3.09. The zero-order valence-electron chi connectivity index (χ0n) is 13.6. The number of methoxy groups -OCH3 is 1. The van der Waals surface area contributed by atoms with Crippen molar-refractivity contribution in [3.05, 3.63) is 52.8 Å². The molecule has 2 heterocycles. The lowest BCUT2D eigenvalue weighted by atomic mass is 10.1. The van der Waals surface area contributed by atoms with Crippen molar-refractivity contribution >= 4 is 29.2 Å². The number of ether oxygens (including phenoxy) is 1. The summed E-state index contributed by atoms with van der Waals surface area (Å²) in [5, 5.41) is 5.60. The van der Waals surface area contributed by atoms with Crippen LogP contribution in [0.3, 0.4) is 0 Å². The molecule has 1 aromatic carbocycles. The highest BCUT2D eigenvalue weighted by molar-refractivity contribution is 6.34. The van der Waals surface area contributed by atoms with Crippen LogP contribution in [0, 0.1) is 6.92 Å². The van der Waals surface area contributed by atoms with Gasteiger partial charge in [0.25, 0.3) is 11.8 Å². The maximum Gasteiger partial charge on any atom is 0.267 e. The second kappa shape index (κ2) is 6.72. The summed E-state index contributed by atoms with van der Waals surface area (Å²) in [4.78, 5) is 27.3. The zero-order valence-corrected chi connectivity index (χ0v) is 13.6. The Balaban J connectivity index is 1.86. The third-order valence-corrected chi connectivity index (χ3v) is 3.89. The number of aromatic nitrogens is 1. The number of aromatic amines is 1. The molecule has 6 heteroatoms. The molecule has 0 unspecified atom stereocenters. The Morgan fingerprint density at radius 1 is 1.33 bits per heavy atom. The van der Waals surface area contributed by atoms with Crippen LogP contribution in [0.2, 0.25) is 0 Å². The second-order valence-corrected chi connectivity index (χ2v) is 5.59. The van der Waals surface area contributed by atoms with Gasteiger partial charge in [0.2, 0.25) is 0 Å². The third kappa shape index (κ3) is 3.09. The molecule has 0 saturated heterocycles. The molecule has 0 atom stereocenters. The van der Waals surface area contributed by atoms with Crippen LogP contribution >= 0.6 is 0 Å². The summed E-state index contributed by atoms with van der Waals surface area (Å²) < 4.78 is 4.91. The van der Waals surface area contributed by atoms with Crippen LogP contribution in [0.25, 0.3) is 11.6 Å². The molecule has 0 aliphatic carbocycles. The molecule has 124 valence electrons. The third-order valence-electron chi connectivity index (χ3n) is 3.89. The van der Waals surface area contributed by atoms with E-state index in [2.05, 4.69) is 15.6 Å². The molecule has 6 nitrogen and oxygen atoms in total. The van der Waals surface area contributed by atoms with Crippen LogP contribution in [0.4, 0.5) is 5.69 Å². The molecular weight excluding hydrogens is 306 g/mol. The lowest BCUT2D eigenvalue weighted by Gasteiger charge is -2.02. The van der Waals surface area contributed by atoms with Crippen molar-refractivity contribution in [3.8, 4) is 0 Å². The summed E-state index contributed by atoms with van der Waals surface area (Å²) in [5.74, 6) is -0.340. The fourth-order valence-corrected chi connectivity index (χ4v) is 2.63. The number of nitrogens with one attached hydrogen (secondary N) is 3. The Hall–Kier alpha value is -2.86. The van der Waals surface area contributed by atoms with Crippen LogP contribution in [0.15, 0.2) is 30.3 Å². The van der Waals surface area contributed by atoms with E-state index in [1.54, 1.807) is 19.3 Å². The van der Waals surface area contributed by atoms with Gasteiger partial charge in [-0.2, -0.15) is 0 Å². The summed E-state index contributed by atoms with van der Waals surface area (Å²) in [7, 11) is 1.58. The molecule has 0 fully saturated rings. The van der Waals surface area contributed by atoms with Crippen molar-refractivity contribution in [2.75, 3.05) is 25.6 Å². The highest BCUT2D eigenvalue weighted by Crippen LogP contribution is 2.32. The minimum Gasteiger partial charge on any atom is -0.383 e. The van der Waals surface area contributed by atoms with E-state index in [0.29, 0.717) is 24.4 Å². The van der Waals surface area contributed by atoms with E-state index in [1.165, 1.54) is 0 Å². The molecule has 0 spiro atoms. The van der Waals surface area contributed by atoms with E-state index in [-0.39, 0.29) is 11.8 Å². The number of fused-ring (bicyclic) bond motifs is 1. The van der Waals surface area contributed by atoms with Gasteiger partial charge in [0, 0.05) is 30.6 Å². The number of carbonyl (C=O) groups is 2. The van der Waals surface area contributed by atoms with Crippen LogP contribution in [0.5, 0.6) is 0 Å². The fourth-order valence-electron chi connectivity index (χ4n) is 2.63. The topological polar surface area (TPSA) is 83.2 Å². The number of H-pyrrole nitrogens is 1. The van der Waals surface area contributed by atoms with Gasteiger partial charge in [0.05, 0.1) is 12.2 Å². The van der Waals surface area contributed by atoms with E-state index < -0.39 is 0 Å².